The zero-order chi connectivity index (χ0) is 14.0. The van der Waals surface area contributed by atoms with Crippen LogP contribution in [0.3, 0.4) is 0 Å². The van der Waals surface area contributed by atoms with E-state index in [1.54, 1.807) is 12.5 Å². The van der Waals surface area contributed by atoms with Crippen LogP contribution in [0.25, 0.3) is 0 Å². The molecular weight excluding hydrogens is 240 g/mol. The van der Waals surface area contributed by atoms with Crippen molar-refractivity contribution in [2.75, 3.05) is 13.1 Å². The van der Waals surface area contributed by atoms with Gasteiger partial charge in [-0.05, 0) is 25.2 Å². The molecule has 1 aliphatic heterocycles. The summed E-state index contributed by atoms with van der Waals surface area (Å²) in [5.74, 6) is 1.14. The number of piperidine rings is 1. The van der Waals surface area contributed by atoms with E-state index >= 15 is 0 Å². The number of carbonyl (C=O) groups excluding carboxylic acids is 1. The van der Waals surface area contributed by atoms with Gasteiger partial charge in [-0.3, -0.25) is 4.79 Å². The smallest absolute Gasteiger partial charge is 0.274 e. The molecule has 2 N–H and O–H groups in total. The van der Waals surface area contributed by atoms with Gasteiger partial charge in [0.15, 0.2) is 0 Å². The van der Waals surface area contributed by atoms with Crippen LogP contribution in [-0.4, -0.2) is 39.5 Å². The normalized spacial score (nSPS) is 27.6. The van der Waals surface area contributed by atoms with Gasteiger partial charge in [0.25, 0.3) is 5.91 Å². The van der Waals surface area contributed by atoms with Gasteiger partial charge in [0.2, 0.25) is 0 Å². The van der Waals surface area contributed by atoms with Gasteiger partial charge in [-0.2, -0.15) is 0 Å². The molecule has 5 nitrogen and oxygen atoms in total. The summed E-state index contributed by atoms with van der Waals surface area (Å²) in [5, 5.41) is 0. The number of carbonyl (C=O) groups is 1. The Morgan fingerprint density at radius 2 is 2.21 bits per heavy atom. The third kappa shape index (κ3) is 2.97. The molecule has 3 unspecified atom stereocenters. The van der Waals surface area contributed by atoms with Gasteiger partial charge in [-0.15, -0.1) is 0 Å². The van der Waals surface area contributed by atoms with Crippen molar-refractivity contribution in [2.45, 2.75) is 39.8 Å². The lowest BCUT2D eigenvalue weighted by Gasteiger charge is -2.40. The molecule has 3 atom stereocenters. The number of amides is 1. The van der Waals surface area contributed by atoms with Gasteiger partial charge in [-0.25, -0.2) is 4.98 Å². The molecule has 0 bridgehead atoms. The highest BCUT2D eigenvalue weighted by molar-refractivity contribution is 5.92. The SMILES string of the molecule is CC1CC(C)C(C)N(C(=O)c2cn(CCN)cn2)C1. The summed E-state index contributed by atoms with van der Waals surface area (Å²) >= 11 is 0. The summed E-state index contributed by atoms with van der Waals surface area (Å²) in [6.07, 6.45) is 4.67. The molecule has 0 radical (unpaired) electrons. The Hall–Kier alpha value is -1.36. The van der Waals surface area contributed by atoms with Crippen molar-refractivity contribution < 1.29 is 4.79 Å². The Balaban J connectivity index is 2.12. The fraction of sp³-hybridized carbons (Fsp3) is 0.714. The van der Waals surface area contributed by atoms with Crippen molar-refractivity contribution >= 4 is 5.91 Å². The maximum absolute atomic E-state index is 12.5. The van der Waals surface area contributed by atoms with E-state index in [0.29, 0.717) is 30.6 Å². The highest BCUT2D eigenvalue weighted by Gasteiger charge is 2.33. The Morgan fingerprint density at radius 3 is 2.89 bits per heavy atom. The molecule has 1 amide bonds. The summed E-state index contributed by atoms with van der Waals surface area (Å²) in [4.78, 5) is 18.7. The van der Waals surface area contributed by atoms with E-state index in [-0.39, 0.29) is 11.9 Å². The van der Waals surface area contributed by atoms with Crippen LogP contribution >= 0.6 is 0 Å². The molecule has 1 fully saturated rings. The first-order valence-corrected chi connectivity index (χ1v) is 7.05. The lowest BCUT2D eigenvalue weighted by molar-refractivity contribution is 0.0450. The number of nitrogens with zero attached hydrogens (tertiary/aromatic N) is 3. The van der Waals surface area contributed by atoms with E-state index in [4.69, 9.17) is 5.73 Å². The Labute approximate surface area is 114 Å². The third-order valence-electron chi connectivity index (χ3n) is 4.10. The average molecular weight is 264 g/mol. The quantitative estimate of drug-likeness (QED) is 0.896. The number of rotatable bonds is 3. The number of aromatic nitrogens is 2. The summed E-state index contributed by atoms with van der Waals surface area (Å²) < 4.78 is 1.87. The minimum Gasteiger partial charge on any atom is -0.335 e. The van der Waals surface area contributed by atoms with Crippen LogP contribution in [0.1, 0.15) is 37.7 Å². The Bertz CT molecular complexity index is 442. The van der Waals surface area contributed by atoms with Crippen molar-refractivity contribution in [1.29, 1.82) is 0 Å². The van der Waals surface area contributed by atoms with E-state index in [2.05, 4.69) is 25.8 Å². The lowest BCUT2D eigenvalue weighted by Crippen LogP contribution is -2.48. The fourth-order valence-electron chi connectivity index (χ4n) is 2.87. The Kier molecular flexibility index (Phi) is 4.24. The number of hydrogen-bond donors (Lipinski definition) is 1. The molecule has 2 rings (SSSR count). The first-order valence-electron chi connectivity index (χ1n) is 7.05. The molecule has 0 aromatic carbocycles. The third-order valence-corrected chi connectivity index (χ3v) is 4.10. The summed E-state index contributed by atoms with van der Waals surface area (Å²) in [5.41, 5.74) is 6.03. The van der Waals surface area contributed by atoms with Crippen LogP contribution in [0, 0.1) is 11.8 Å². The predicted octanol–water partition coefficient (Wildman–Crippen LogP) is 1.35. The van der Waals surface area contributed by atoms with Gasteiger partial charge < -0.3 is 15.2 Å². The van der Waals surface area contributed by atoms with E-state index in [0.717, 1.165) is 6.54 Å². The van der Waals surface area contributed by atoms with Gasteiger partial charge in [0.1, 0.15) is 5.69 Å². The van der Waals surface area contributed by atoms with E-state index in [1.165, 1.54) is 6.42 Å². The Morgan fingerprint density at radius 1 is 1.47 bits per heavy atom. The van der Waals surface area contributed by atoms with Crippen molar-refractivity contribution in [3.05, 3.63) is 18.2 Å². The maximum Gasteiger partial charge on any atom is 0.274 e. The second kappa shape index (κ2) is 5.74. The predicted molar refractivity (Wildman–Crippen MR) is 74.7 cm³/mol. The van der Waals surface area contributed by atoms with Gasteiger partial charge >= 0.3 is 0 Å². The van der Waals surface area contributed by atoms with Crippen LogP contribution in [0.5, 0.6) is 0 Å². The molecule has 0 spiro atoms. The van der Waals surface area contributed by atoms with Crippen molar-refractivity contribution in [2.24, 2.45) is 17.6 Å². The average Bonchev–Trinajstić information content (AvgIpc) is 2.82. The number of nitrogens with two attached hydrogens (primary N) is 1. The van der Waals surface area contributed by atoms with Gasteiger partial charge in [0.05, 0.1) is 6.33 Å². The second-order valence-corrected chi connectivity index (χ2v) is 5.80. The monoisotopic (exact) mass is 264 g/mol. The molecule has 1 aromatic rings. The van der Waals surface area contributed by atoms with Gasteiger partial charge in [0, 0.05) is 31.9 Å². The second-order valence-electron chi connectivity index (χ2n) is 5.80. The van der Waals surface area contributed by atoms with E-state index < -0.39 is 0 Å². The topological polar surface area (TPSA) is 64.2 Å². The molecule has 1 aromatic heterocycles. The van der Waals surface area contributed by atoms with Crippen molar-refractivity contribution in [3.63, 3.8) is 0 Å². The first-order chi connectivity index (χ1) is 9.02. The van der Waals surface area contributed by atoms with Crippen LogP contribution in [-0.2, 0) is 6.54 Å². The molecule has 1 saturated heterocycles. The van der Waals surface area contributed by atoms with Crippen LogP contribution in [0.4, 0.5) is 0 Å². The molecular formula is C14H24N4O. The minimum atomic E-state index is 0.0432. The van der Waals surface area contributed by atoms with Crippen LogP contribution in [0.15, 0.2) is 12.5 Å². The molecule has 106 valence electrons. The van der Waals surface area contributed by atoms with E-state index in [1.807, 2.05) is 9.47 Å². The van der Waals surface area contributed by atoms with Crippen molar-refractivity contribution in [1.82, 2.24) is 14.5 Å². The molecule has 2 heterocycles. The van der Waals surface area contributed by atoms with Crippen LogP contribution < -0.4 is 5.73 Å². The highest BCUT2D eigenvalue weighted by atomic mass is 16.2. The lowest BCUT2D eigenvalue weighted by atomic mass is 9.86. The molecule has 0 aliphatic carbocycles. The zero-order valence-electron chi connectivity index (χ0n) is 12.0. The van der Waals surface area contributed by atoms with Crippen LogP contribution in [0.2, 0.25) is 0 Å². The van der Waals surface area contributed by atoms with Gasteiger partial charge in [-0.1, -0.05) is 13.8 Å². The molecule has 19 heavy (non-hydrogen) atoms. The number of hydrogen-bond acceptors (Lipinski definition) is 3. The first kappa shape index (κ1) is 14.1. The number of likely N-dealkylation sites (tertiary alicyclic amines) is 1. The summed E-state index contributed by atoms with van der Waals surface area (Å²) in [6, 6.07) is 0.281. The minimum absolute atomic E-state index is 0.0432. The summed E-state index contributed by atoms with van der Waals surface area (Å²) in [7, 11) is 0. The molecule has 0 saturated carbocycles. The molecule has 1 aliphatic rings. The summed E-state index contributed by atoms with van der Waals surface area (Å²) in [6.45, 7) is 8.63. The zero-order valence-corrected chi connectivity index (χ0v) is 12.0. The van der Waals surface area contributed by atoms with E-state index in [9.17, 15) is 4.79 Å². The van der Waals surface area contributed by atoms with Crippen molar-refractivity contribution in [3.8, 4) is 0 Å². The largest absolute Gasteiger partial charge is 0.335 e. The number of imidazole rings is 1. The maximum atomic E-state index is 12.5. The standard InChI is InChI=1S/C14H24N4O/c1-10-6-11(2)12(3)18(7-10)14(19)13-8-17(5-4-15)9-16-13/h8-12H,4-7,15H2,1-3H3. The molecule has 5 heteroatoms. The fourth-order valence-corrected chi connectivity index (χ4v) is 2.87. The highest BCUT2D eigenvalue weighted by Crippen LogP contribution is 2.27.